The number of anilines is 1. The minimum atomic E-state index is -0.736. The van der Waals surface area contributed by atoms with E-state index in [9.17, 15) is 10.1 Å². The van der Waals surface area contributed by atoms with Gasteiger partial charge in [-0.05, 0) is 48.1 Å². The largest absolute Gasteiger partial charge is 0.379 e. The number of nitrogens with one attached hydrogen (secondary N) is 1. The van der Waals surface area contributed by atoms with Crippen molar-refractivity contribution in [3.05, 3.63) is 62.4 Å². The molecule has 0 bridgehead atoms. The third-order valence-corrected chi connectivity index (χ3v) is 7.87. The summed E-state index contributed by atoms with van der Waals surface area (Å²) in [5, 5.41) is 21.8. The number of Topliss-reactive ketones (excluding diaryl/α,β-unsaturated/α-hetero) is 1. The summed E-state index contributed by atoms with van der Waals surface area (Å²) < 4.78 is 5.45. The minimum absolute atomic E-state index is 0.0872. The van der Waals surface area contributed by atoms with Gasteiger partial charge in [-0.1, -0.05) is 17.7 Å². The number of amidine groups is 1. The van der Waals surface area contributed by atoms with E-state index in [0.717, 1.165) is 55.5 Å². The molecule has 3 aliphatic rings. The van der Waals surface area contributed by atoms with Crippen LogP contribution in [0.1, 0.15) is 35.6 Å². The predicted octanol–water partition coefficient (Wildman–Crippen LogP) is 4.96. The number of halogens is 1. The van der Waals surface area contributed by atoms with Crippen molar-refractivity contribution in [1.82, 2.24) is 4.90 Å². The fourth-order valence-corrected chi connectivity index (χ4v) is 6.29. The zero-order chi connectivity index (χ0) is 22.9. The Morgan fingerprint density at radius 1 is 1.24 bits per heavy atom. The molecule has 0 radical (unpaired) electrons. The van der Waals surface area contributed by atoms with E-state index in [4.69, 9.17) is 21.7 Å². The normalized spacial score (nSPS) is 24.1. The lowest BCUT2D eigenvalue weighted by atomic mass is 9.74. The highest BCUT2D eigenvalue weighted by Gasteiger charge is 2.45. The number of carbonyl (C=O) groups is 1. The van der Waals surface area contributed by atoms with E-state index in [1.807, 2.05) is 12.1 Å². The molecular formula is C25H25ClN4O2S. The molecule has 0 amide bonds. The van der Waals surface area contributed by atoms with Gasteiger partial charge in [0.05, 0.1) is 19.3 Å². The number of nitriles is 1. The number of hydrogen-bond donors (Lipinski definition) is 1. The second-order valence-electron chi connectivity index (χ2n) is 8.67. The summed E-state index contributed by atoms with van der Waals surface area (Å²) in [6.45, 7) is 4.13. The Morgan fingerprint density at radius 3 is 2.82 bits per heavy atom. The number of benzene rings is 1. The Morgan fingerprint density at radius 2 is 2.06 bits per heavy atom. The third kappa shape index (κ3) is 4.24. The van der Waals surface area contributed by atoms with Crippen molar-refractivity contribution < 1.29 is 9.53 Å². The molecule has 1 N–H and O–H groups in total. The Balaban J connectivity index is 1.56. The van der Waals surface area contributed by atoms with Gasteiger partial charge in [0, 0.05) is 58.8 Å². The average molecular weight is 481 g/mol. The van der Waals surface area contributed by atoms with Crippen LogP contribution in [0.4, 0.5) is 5.69 Å². The SMILES string of the molecule is N#CC1C(=N)N(c2cccc(Cl)c2)C2=C(C(=O)CCC2)C1c1cc(CN2CCOCC2)cs1. The van der Waals surface area contributed by atoms with Gasteiger partial charge >= 0.3 is 0 Å². The van der Waals surface area contributed by atoms with Crippen LogP contribution in [-0.2, 0) is 16.1 Å². The second-order valence-corrected chi connectivity index (χ2v) is 10.0. The van der Waals surface area contributed by atoms with Gasteiger partial charge in [-0.3, -0.25) is 15.1 Å². The van der Waals surface area contributed by atoms with Crippen LogP contribution in [0.5, 0.6) is 0 Å². The molecule has 33 heavy (non-hydrogen) atoms. The molecule has 2 unspecified atom stereocenters. The van der Waals surface area contributed by atoms with E-state index in [0.29, 0.717) is 23.4 Å². The molecule has 1 aromatic carbocycles. The number of hydrogen-bond acceptors (Lipinski definition) is 6. The first kappa shape index (κ1) is 22.3. The highest BCUT2D eigenvalue weighted by Crippen LogP contribution is 2.47. The van der Waals surface area contributed by atoms with Crippen molar-refractivity contribution >= 4 is 40.2 Å². The molecule has 8 heteroatoms. The smallest absolute Gasteiger partial charge is 0.161 e. The fraction of sp³-hybridized carbons (Fsp3) is 0.400. The van der Waals surface area contributed by atoms with Crippen LogP contribution in [0.15, 0.2) is 47.0 Å². The van der Waals surface area contributed by atoms with Crippen molar-refractivity contribution in [3.63, 3.8) is 0 Å². The molecule has 5 rings (SSSR count). The van der Waals surface area contributed by atoms with Crippen molar-refractivity contribution in [2.24, 2.45) is 5.92 Å². The van der Waals surface area contributed by atoms with Crippen LogP contribution >= 0.6 is 22.9 Å². The fourth-order valence-electron chi connectivity index (χ4n) is 5.05. The van der Waals surface area contributed by atoms with Crippen molar-refractivity contribution in [2.45, 2.75) is 31.7 Å². The van der Waals surface area contributed by atoms with Gasteiger partial charge < -0.3 is 9.64 Å². The summed E-state index contributed by atoms with van der Waals surface area (Å²) in [4.78, 5) is 18.4. The Kier molecular flexibility index (Phi) is 6.35. The Bertz CT molecular complexity index is 1160. The van der Waals surface area contributed by atoms with Crippen LogP contribution in [-0.4, -0.2) is 42.8 Å². The molecule has 2 atom stereocenters. The van der Waals surface area contributed by atoms with E-state index in [1.165, 1.54) is 5.56 Å². The van der Waals surface area contributed by atoms with E-state index < -0.39 is 11.8 Å². The second kappa shape index (κ2) is 9.40. The molecule has 0 saturated carbocycles. The summed E-state index contributed by atoms with van der Waals surface area (Å²) in [7, 11) is 0. The molecule has 1 saturated heterocycles. The maximum Gasteiger partial charge on any atom is 0.161 e. The van der Waals surface area contributed by atoms with Crippen molar-refractivity contribution in [2.75, 3.05) is 31.2 Å². The van der Waals surface area contributed by atoms with E-state index in [1.54, 1.807) is 28.4 Å². The van der Waals surface area contributed by atoms with E-state index >= 15 is 0 Å². The first-order chi connectivity index (χ1) is 16.1. The highest BCUT2D eigenvalue weighted by atomic mass is 35.5. The maximum atomic E-state index is 13.2. The van der Waals surface area contributed by atoms with Crippen LogP contribution in [0.2, 0.25) is 5.02 Å². The number of rotatable bonds is 4. The monoisotopic (exact) mass is 480 g/mol. The molecule has 3 heterocycles. The van der Waals surface area contributed by atoms with Crippen LogP contribution in [0, 0.1) is 22.7 Å². The number of thiophene rings is 1. The third-order valence-electron chi connectivity index (χ3n) is 6.57. The molecule has 1 fully saturated rings. The standard InChI is InChI=1S/C25H25ClN4O2S/c26-17-3-1-4-18(12-17)30-20-5-2-6-21(31)24(20)23(19(13-27)25(30)28)22-11-16(15-33-22)14-29-7-9-32-10-8-29/h1,3-4,11-12,15,19,23,28H,2,5-10,14H2. The lowest BCUT2D eigenvalue weighted by Gasteiger charge is -2.42. The topological polar surface area (TPSA) is 80.4 Å². The average Bonchev–Trinajstić information content (AvgIpc) is 3.27. The summed E-state index contributed by atoms with van der Waals surface area (Å²) in [5.41, 5.74) is 3.46. The first-order valence-electron chi connectivity index (χ1n) is 11.2. The van der Waals surface area contributed by atoms with Crippen LogP contribution < -0.4 is 4.90 Å². The summed E-state index contributed by atoms with van der Waals surface area (Å²) in [5.74, 6) is -0.839. The summed E-state index contributed by atoms with van der Waals surface area (Å²) >= 11 is 7.83. The zero-order valence-corrected chi connectivity index (χ0v) is 19.8. The lowest BCUT2D eigenvalue weighted by molar-refractivity contribution is -0.116. The number of ketones is 1. The maximum absolute atomic E-state index is 13.2. The molecule has 2 aliphatic heterocycles. The summed E-state index contributed by atoms with van der Waals surface area (Å²) in [6, 6.07) is 11.8. The molecule has 6 nitrogen and oxygen atoms in total. The van der Waals surface area contributed by atoms with Gasteiger partial charge in [-0.15, -0.1) is 11.3 Å². The zero-order valence-electron chi connectivity index (χ0n) is 18.2. The van der Waals surface area contributed by atoms with Crippen LogP contribution in [0.3, 0.4) is 0 Å². The quantitative estimate of drug-likeness (QED) is 0.668. The molecular weight excluding hydrogens is 456 g/mol. The minimum Gasteiger partial charge on any atom is -0.379 e. The van der Waals surface area contributed by atoms with E-state index in [-0.39, 0.29) is 11.6 Å². The number of morpholine rings is 1. The van der Waals surface area contributed by atoms with Gasteiger partial charge in [-0.25, -0.2) is 0 Å². The molecule has 170 valence electrons. The predicted molar refractivity (Wildman–Crippen MR) is 130 cm³/mol. The number of allylic oxidation sites excluding steroid dienone is 2. The Labute approximate surface area is 202 Å². The highest BCUT2D eigenvalue weighted by molar-refractivity contribution is 7.10. The van der Waals surface area contributed by atoms with Gasteiger partial charge in [0.2, 0.25) is 0 Å². The van der Waals surface area contributed by atoms with Crippen molar-refractivity contribution in [1.29, 1.82) is 10.7 Å². The first-order valence-corrected chi connectivity index (χ1v) is 12.5. The van der Waals surface area contributed by atoms with Crippen LogP contribution in [0.25, 0.3) is 0 Å². The van der Waals surface area contributed by atoms with Gasteiger partial charge in [0.25, 0.3) is 0 Å². The Hall–Kier alpha value is -2.50. The van der Waals surface area contributed by atoms with Gasteiger partial charge in [0.15, 0.2) is 5.78 Å². The van der Waals surface area contributed by atoms with Crippen molar-refractivity contribution in [3.8, 4) is 6.07 Å². The lowest BCUT2D eigenvalue weighted by Crippen LogP contribution is -2.45. The number of carbonyl (C=O) groups excluding carboxylic acids is 1. The van der Waals surface area contributed by atoms with Gasteiger partial charge in [-0.2, -0.15) is 5.26 Å². The molecule has 0 spiro atoms. The molecule has 1 aromatic heterocycles. The summed E-state index contributed by atoms with van der Waals surface area (Å²) in [6.07, 6.45) is 1.94. The molecule has 2 aromatic rings. The number of nitrogens with zero attached hydrogens (tertiary/aromatic N) is 3. The number of ether oxygens (including phenoxy) is 1. The van der Waals surface area contributed by atoms with E-state index in [2.05, 4.69) is 22.4 Å². The van der Waals surface area contributed by atoms with Gasteiger partial charge in [0.1, 0.15) is 11.8 Å². The molecule has 1 aliphatic carbocycles.